The van der Waals surface area contributed by atoms with Gasteiger partial charge in [-0.15, -0.1) is 6.42 Å². The number of terminal acetylenes is 1. The van der Waals surface area contributed by atoms with Crippen molar-refractivity contribution in [2.75, 3.05) is 6.54 Å². The largest absolute Gasteiger partial charge is 0.480 e. The van der Waals surface area contributed by atoms with Crippen LogP contribution < -0.4 is 5.32 Å². The van der Waals surface area contributed by atoms with Gasteiger partial charge in [0.25, 0.3) is 5.91 Å². The van der Waals surface area contributed by atoms with Gasteiger partial charge in [0.15, 0.2) is 0 Å². The summed E-state index contributed by atoms with van der Waals surface area (Å²) >= 11 is 0. The monoisotopic (exact) mass is 204 g/mol. The second-order valence-corrected chi connectivity index (χ2v) is 2.65. The van der Waals surface area contributed by atoms with Crippen molar-refractivity contribution >= 4 is 11.9 Å². The Morgan fingerprint density at radius 1 is 1.60 bits per heavy atom. The predicted octanol–water partition coefficient (Wildman–Crippen LogP) is -0.123. The molecule has 0 aromatic carbocycles. The first-order valence-electron chi connectivity index (χ1n) is 4.06. The van der Waals surface area contributed by atoms with Gasteiger partial charge < -0.3 is 10.4 Å². The van der Waals surface area contributed by atoms with E-state index in [-0.39, 0.29) is 5.69 Å². The van der Waals surface area contributed by atoms with Crippen molar-refractivity contribution in [3.63, 3.8) is 0 Å². The summed E-state index contributed by atoms with van der Waals surface area (Å²) in [7, 11) is 0. The van der Waals surface area contributed by atoms with Crippen molar-refractivity contribution in [1.29, 1.82) is 0 Å². The average molecular weight is 204 g/mol. The molecule has 0 aliphatic rings. The van der Waals surface area contributed by atoms with E-state index in [1.165, 1.54) is 12.3 Å². The van der Waals surface area contributed by atoms with E-state index in [0.29, 0.717) is 5.56 Å². The normalized spacial score (nSPS) is 9.00. The summed E-state index contributed by atoms with van der Waals surface area (Å²) in [5, 5.41) is 10.5. The van der Waals surface area contributed by atoms with Gasteiger partial charge in [-0.3, -0.25) is 14.6 Å². The summed E-state index contributed by atoms with van der Waals surface area (Å²) in [6.07, 6.45) is 6.53. The number of nitrogens with zero attached hydrogens (tertiary/aromatic N) is 1. The van der Waals surface area contributed by atoms with Gasteiger partial charge in [0.2, 0.25) is 0 Å². The summed E-state index contributed by atoms with van der Waals surface area (Å²) in [6, 6.07) is 2.99. The van der Waals surface area contributed by atoms with Crippen LogP contribution in [0, 0.1) is 12.3 Å². The number of aromatic nitrogens is 1. The zero-order valence-corrected chi connectivity index (χ0v) is 7.73. The van der Waals surface area contributed by atoms with Crippen LogP contribution in [-0.2, 0) is 4.79 Å². The maximum Gasteiger partial charge on any atom is 0.322 e. The third-order valence-electron chi connectivity index (χ3n) is 1.56. The number of hydrogen-bond donors (Lipinski definition) is 2. The number of carboxylic acids is 1. The Balaban J connectivity index is 2.74. The molecule has 0 atom stereocenters. The fourth-order valence-electron chi connectivity index (χ4n) is 0.891. The van der Waals surface area contributed by atoms with Crippen molar-refractivity contribution in [3.05, 3.63) is 29.6 Å². The molecule has 1 rings (SSSR count). The van der Waals surface area contributed by atoms with Crippen LogP contribution in [0.2, 0.25) is 0 Å². The van der Waals surface area contributed by atoms with Crippen molar-refractivity contribution in [3.8, 4) is 12.3 Å². The lowest BCUT2D eigenvalue weighted by molar-refractivity contribution is -0.135. The molecule has 0 bridgehead atoms. The molecule has 1 aromatic heterocycles. The Morgan fingerprint density at radius 2 is 2.33 bits per heavy atom. The molecule has 1 aromatic rings. The van der Waals surface area contributed by atoms with Gasteiger partial charge >= 0.3 is 5.97 Å². The minimum Gasteiger partial charge on any atom is -0.480 e. The molecule has 0 saturated carbocycles. The number of carbonyl (C=O) groups excluding carboxylic acids is 1. The second kappa shape index (κ2) is 4.77. The van der Waals surface area contributed by atoms with Crippen LogP contribution in [0.1, 0.15) is 16.1 Å². The highest BCUT2D eigenvalue weighted by molar-refractivity contribution is 5.94. The molecular weight excluding hydrogens is 196 g/mol. The number of carbonyl (C=O) groups is 2. The van der Waals surface area contributed by atoms with Gasteiger partial charge in [-0.1, -0.05) is 5.92 Å². The summed E-state index contributed by atoms with van der Waals surface area (Å²) in [5.74, 6) is 0.676. The Morgan fingerprint density at radius 3 is 2.93 bits per heavy atom. The molecule has 1 heterocycles. The molecule has 5 nitrogen and oxygen atoms in total. The number of amides is 1. The molecule has 15 heavy (non-hydrogen) atoms. The van der Waals surface area contributed by atoms with Crippen LogP contribution in [0.4, 0.5) is 0 Å². The van der Waals surface area contributed by atoms with E-state index in [1.807, 2.05) is 0 Å². The van der Waals surface area contributed by atoms with Crippen LogP contribution in [0.25, 0.3) is 0 Å². The van der Waals surface area contributed by atoms with Crippen molar-refractivity contribution < 1.29 is 14.7 Å². The number of pyridine rings is 1. The first-order valence-corrected chi connectivity index (χ1v) is 4.06. The van der Waals surface area contributed by atoms with E-state index >= 15 is 0 Å². The van der Waals surface area contributed by atoms with Gasteiger partial charge in [0.1, 0.15) is 12.2 Å². The van der Waals surface area contributed by atoms with Gasteiger partial charge in [-0.2, -0.15) is 0 Å². The van der Waals surface area contributed by atoms with Gasteiger partial charge in [-0.05, 0) is 12.1 Å². The number of carboxylic acid groups (broad SMARTS) is 1. The molecule has 0 unspecified atom stereocenters. The molecule has 2 N–H and O–H groups in total. The van der Waals surface area contributed by atoms with E-state index in [2.05, 4.69) is 16.2 Å². The van der Waals surface area contributed by atoms with E-state index in [4.69, 9.17) is 11.5 Å². The number of aliphatic carboxylic acids is 1. The summed E-state index contributed by atoms with van der Waals surface area (Å²) in [5.41, 5.74) is 0.622. The smallest absolute Gasteiger partial charge is 0.322 e. The van der Waals surface area contributed by atoms with E-state index in [0.717, 1.165) is 0 Å². The maximum atomic E-state index is 11.3. The first-order chi connectivity index (χ1) is 7.13. The molecule has 0 spiro atoms. The highest BCUT2D eigenvalue weighted by atomic mass is 16.4. The van der Waals surface area contributed by atoms with Gasteiger partial charge in [-0.25, -0.2) is 0 Å². The summed E-state index contributed by atoms with van der Waals surface area (Å²) in [6.45, 7) is -0.444. The molecule has 0 radical (unpaired) electrons. The van der Waals surface area contributed by atoms with Crippen molar-refractivity contribution in [2.24, 2.45) is 0 Å². The lowest BCUT2D eigenvalue weighted by Crippen LogP contribution is -2.29. The first kappa shape index (κ1) is 10.7. The highest BCUT2D eigenvalue weighted by Gasteiger charge is 2.08. The number of hydrogen-bond acceptors (Lipinski definition) is 3. The number of rotatable bonds is 3. The lowest BCUT2D eigenvalue weighted by atomic mass is 10.2. The zero-order chi connectivity index (χ0) is 11.3. The van der Waals surface area contributed by atoms with E-state index in [9.17, 15) is 9.59 Å². The molecule has 0 aliphatic heterocycles. The van der Waals surface area contributed by atoms with E-state index in [1.54, 1.807) is 6.07 Å². The number of nitrogens with one attached hydrogen (secondary N) is 1. The quantitative estimate of drug-likeness (QED) is 0.672. The summed E-state index contributed by atoms with van der Waals surface area (Å²) in [4.78, 5) is 25.3. The Kier molecular flexibility index (Phi) is 3.41. The third-order valence-corrected chi connectivity index (χ3v) is 1.56. The average Bonchev–Trinajstić information content (AvgIpc) is 2.26. The van der Waals surface area contributed by atoms with E-state index < -0.39 is 18.4 Å². The fourth-order valence-corrected chi connectivity index (χ4v) is 0.891. The molecular formula is C10H8N2O3. The Labute approximate surface area is 86.1 Å². The minimum atomic E-state index is -1.11. The Bertz CT molecular complexity index is 435. The van der Waals surface area contributed by atoms with Gasteiger partial charge in [0.05, 0.1) is 0 Å². The molecule has 0 fully saturated rings. The molecule has 1 amide bonds. The van der Waals surface area contributed by atoms with Crippen LogP contribution in [-0.4, -0.2) is 28.5 Å². The predicted molar refractivity (Wildman–Crippen MR) is 52.1 cm³/mol. The summed E-state index contributed by atoms with van der Waals surface area (Å²) < 4.78 is 0. The second-order valence-electron chi connectivity index (χ2n) is 2.65. The van der Waals surface area contributed by atoms with Crippen LogP contribution in [0.5, 0.6) is 0 Å². The van der Waals surface area contributed by atoms with Gasteiger partial charge in [0, 0.05) is 11.8 Å². The SMILES string of the molecule is C#Cc1ccnc(C(=O)NCC(=O)O)c1. The molecule has 0 aliphatic carbocycles. The third kappa shape index (κ3) is 3.12. The van der Waals surface area contributed by atoms with Crippen LogP contribution in [0.3, 0.4) is 0 Å². The standard InChI is InChI=1S/C10H8N2O3/c1-2-7-3-4-11-8(5-7)10(15)12-6-9(13)14/h1,3-5H,6H2,(H,12,15)(H,13,14). The van der Waals surface area contributed by atoms with Crippen LogP contribution >= 0.6 is 0 Å². The van der Waals surface area contributed by atoms with Crippen LogP contribution in [0.15, 0.2) is 18.3 Å². The minimum absolute atomic E-state index is 0.103. The highest BCUT2D eigenvalue weighted by Crippen LogP contribution is 1.99. The molecule has 76 valence electrons. The zero-order valence-electron chi connectivity index (χ0n) is 7.73. The molecule has 0 saturated heterocycles. The van der Waals surface area contributed by atoms with Crippen molar-refractivity contribution in [1.82, 2.24) is 10.3 Å². The fraction of sp³-hybridized carbons (Fsp3) is 0.100. The lowest BCUT2D eigenvalue weighted by Gasteiger charge is -2.01. The maximum absolute atomic E-state index is 11.3. The molecule has 5 heteroatoms. The topological polar surface area (TPSA) is 79.3 Å². The van der Waals surface area contributed by atoms with Crippen molar-refractivity contribution in [2.45, 2.75) is 0 Å². The Hall–Kier alpha value is -2.35.